The lowest BCUT2D eigenvalue weighted by molar-refractivity contribution is -0.125. The summed E-state index contributed by atoms with van der Waals surface area (Å²) in [5.74, 6) is 1.99. The number of pyridine rings is 1. The fraction of sp³-hybridized carbons (Fsp3) is 0.524. The first-order valence-corrected chi connectivity index (χ1v) is 11.0. The molecule has 2 saturated heterocycles. The van der Waals surface area contributed by atoms with Crippen LogP contribution in [0.3, 0.4) is 0 Å². The molecule has 160 valence electrons. The van der Waals surface area contributed by atoms with Crippen molar-refractivity contribution < 1.29 is 4.79 Å². The minimum Gasteiger partial charge on any atom is -0.357 e. The summed E-state index contributed by atoms with van der Waals surface area (Å²) in [5, 5.41) is 3.78. The average Bonchev–Trinajstić information content (AvgIpc) is 2.81. The molecule has 0 atom stereocenters. The van der Waals surface area contributed by atoms with Gasteiger partial charge in [0.05, 0.1) is 5.02 Å². The van der Waals surface area contributed by atoms with Crippen molar-refractivity contribution in [3.63, 3.8) is 0 Å². The molecule has 2 aromatic heterocycles. The van der Waals surface area contributed by atoms with Gasteiger partial charge in [-0.15, -0.1) is 0 Å². The van der Waals surface area contributed by atoms with Gasteiger partial charge in [0.15, 0.2) is 0 Å². The Morgan fingerprint density at radius 2 is 1.73 bits per heavy atom. The highest BCUT2D eigenvalue weighted by atomic mass is 35.5. The van der Waals surface area contributed by atoms with Gasteiger partial charge in [0, 0.05) is 76.9 Å². The molecule has 2 aromatic rings. The molecule has 4 rings (SSSR count). The Kier molecular flexibility index (Phi) is 6.96. The monoisotopic (exact) mass is 429 g/mol. The van der Waals surface area contributed by atoms with Crippen molar-refractivity contribution in [1.82, 2.24) is 25.2 Å². The number of nitrogens with one attached hydrogen (secondary N) is 1. The Bertz CT molecular complexity index is 804. The standard InChI is InChI=1S/C21H28ClN7O/c22-18-2-3-19(26-16-18)28-9-4-17(5-10-28)20(30)23-8-11-27-12-14-29(15-13-27)21-24-6-1-7-25-21/h1-3,6-7,16-17H,4-5,8-15H2,(H,23,30). The highest BCUT2D eigenvalue weighted by Gasteiger charge is 2.25. The lowest BCUT2D eigenvalue weighted by Crippen LogP contribution is -2.49. The van der Waals surface area contributed by atoms with Crippen LogP contribution in [-0.2, 0) is 4.79 Å². The molecular weight excluding hydrogens is 402 g/mol. The summed E-state index contributed by atoms with van der Waals surface area (Å²) in [4.78, 5) is 32.4. The number of nitrogens with zero attached hydrogens (tertiary/aromatic N) is 6. The van der Waals surface area contributed by atoms with Crippen molar-refractivity contribution in [2.75, 3.05) is 62.2 Å². The van der Waals surface area contributed by atoms with Gasteiger partial charge in [-0.1, -0.05) is 11.6 Å². The number of rotatable bonds is 6. The number of piperazine rings is 1. The van der Waals surface area contributed by atoms with Gasteiger partial charge < -0.3 is 15.1 Å². The fourth-order valence-electron chi connectivity index (χ4n) is 4.03. The second kappa shape index (κ2) is 10.0. The molecule has 30 heavy (non-hydrogen) atoms. The Balaban J connectivity index is 1.13. The van der Waals surface area contributed by atoms with Crippen LogP contribution in [0.2, 0.25) is 5.02 Å². The van der Waals surface area contributed by atoms with Gasteiger partial charge in [-0.05, 0) is 31.0 Å². The lowest BCUT2D eigenvalue weighted by atomic mass is 9.96. The maximum Gasteiger partial charge on any atom is 0.225 e. The van der Waals surface area contributed by atoms with Crippen molar-refractivity contribution >= 4 is 29.3 Å². The van der Waals surface area contributed by atoms with Gasteiger partial charge in [-0.3, -0.25) is 9.69 Å². The van der Waals surface area contributed by atoms with Crippen LogP contribution in [0, 0.1) is 5.92 Å². The smallest absolute Gasteiger partial charge is 0.225 e. The zero-order chi connectivity index (χ0) is 20.8. The van der Waals surface area contributed by atoms with E-state index in [1.165, 1.54) is 0 Å². The summed E-state index contributed by atoms with van der Waals surface area (Å²) < 4.78 is 0. The predicted molar refractivity (Wildman–Crippen MR) is 118 cm³/mol. The lowest BCUT2D eigenvalue weighted by Gasteiger charge is -2.35. The van der Waals surface area contributed by atoms with E-state index in [4.69, 9.17) is 11.6 Å². The second-order valence-corrected chi connectivity index (χ2v) is 8.20. The summed E-state index contributed by atoms with van der Waals surface area (Å²) in [6.07, 6.45) is 6.93. The SMILES string of the molecule is O=C(NCCN1CCN(c2ncccn2)CC1)C1CCN(c2ccc(Cl)cn2)CC1. The second-order valence-electron chi connectivity index (χ2n) is 7.76. The summed E-state index contributed by atoms with van der Waals surface area (Å²) in [6.45, 7) is 7.00. The van der Waals surface area contributed by atoms with Crippen LogP contribution in [0.1, 0.15) is 12.8 Å². The van der Waals surface area contributed by atoms with Crippen LogP contribution in [0.25, 0.3) is 0 Å². The van der Waals surface area contributed by atoms with E-state index < -0.39 is 0 Å². The minimum atomic E-state index is 0.0839. The average molecular weight is 430 g/mol. The van der Waals surface area contributed by atoms with Crippen molar-refractivity contribution in [3.8, 4) is 0 Å². The summed E-state index contributed by atoms with van der Waals surface area (Å²) in [7, 11) is 0. The van der Waals surface area contributed by atoms with Crippen LogP contribution in [-0.4, -0.2) is 78.1 Å². The normalized spacial score (nSPS) is 18.4. The number of piperidine rings is 1. The van der Waals surface area contributed by atoms with Crippen LogP contribution in [0.4, 0.5) is 11.8 Å². The van der Waals surface area contributed by atoms with E-state index >= 15 is 0 Å². The maximum atomic E-state index is 12.6. The fourth-order valence-corrected chi connectivity index (χ4v) is 4.15. The molecule has 0 bridgehead atoms. The summed E-state index contributed by atoms with van der Waals surface area (Å²) >= 11 is 5.91. The Hall–Kier alpha value is -2.45. The van der Waals surface area contributed by atoms with Gasteiger partial charge in [0.1, 0.15) is 5.82 Å². The molecule has 0 aromatic carbocycles. The number of hydrogen-bond acceptors (Lipinski definition) is 7. The van der Waals surface area contributed by atoms with Gasteiger partial charge in [0.25, 0.3) is 0 Å². The van der Waals surface area contributed by atoms with Gasteiger partial charge in [-0.2, -0.15) is 0 Å². The molecule has 1 amide bonds. The zero-order valence-electron chi connectivity index (χ0n) is 17.1. The van der Waals surface area contributed by atoms with Crippen LogP contribution < -0.4 is 15.1 Å². The Morgan fingerprint density at radius 1 is 1.00 bits per heavy atom. The molecule has 2 fully saturated rings. The number of hydrogen-bond donors (Lipinski definition) is 1. The van der Waals surface area contributed by atoms with Crippen molar-refractivity contribution in [3.05, 3.63) is 41.8 Å². The molecule has 0 unspecified atom stereocenters. The first-order chi connectivity index (χ1) is 14.7. The highest BCUT2D eigenvalue weighted by Crippen LogP contribution is 2.22. The summed E-state index contributed by atoms with van der Waals surface area (Å²) in [6, 6.07) is 5.63. The van der Waals surface area contributed by atoms with Gasteiger partial charge in [0.2, 0.25) is 11.9 Å². The predicted octanol–water partition coefficient (Wildman–Crippen LogP) is 1.68. The molecule has 0 aliphatic carbocycles. The molecule has 4 heterocycles. The Morgan fingerprint density at radius 3 is 2.40 bits per heavy atom. The quantitative estimate of drug-likeness (QED) is 0.748. The van der Waals surface area contributed by atoms with Crippen molar-refractivity contribution in [2.24, 2.45) is 5.92 Å². The number of halogens is 1. The molecule has 1 N–H and O–H groups in total. The number of amides is 1. The number of aromatic nitrogens is 3. The largest absolute Gasteiger partial charge is 0.357 e. The third-order valence-corrected chi connectivity index (χ3v) is 6.06. The van der Waals surface area contributed by atoms with E-state index in [1.807, 2.05) is 18.2 Å². The molecule has 2 aliphatic heterocycles. The number of carbonyl (C=O) groups excluding carboxylic acids is 1. The highest BCUT2D eigenvalue weighted by molar-refractivity contribution is 6.30. The summed E-state index contributed by atoms with van der Waals surface area (Å²) in [5.41, 5.74) is 0. The first kappa shape index (κ1) is 20.8. The topological polar surface area (TPSA) is 77.5 Å². The number of anilines is 2. The van der Waals surface area contributed by atoms with Gasteiger partial charge in [-0.25, -0.2) is 15.0 Å². The number of carbonyl (C=O) groups is 1. The molecule has 8 nitrogen and oxygen atoms in total. The van der Waals surface area contributed by atoms with E-state index in [2.05, 4.69) is 35.0 Å². The Labute approximate surface area is 182 Å². The van der Waals surface area contributed by atoms with E-state index in [-0.39, 0.29) is 11.8 Å². The molecule has 2 aliphatic rings. The first-order valence-electron chi connectivity index (χ1n) is 10.6. The zero-order valence-corrected chi connectivity index (χ0v) is 17.8. The maximum absolute atomic E-state index is 12.6. The van der Waals surface area contributed by atoms with E-state index in [1.54, 1.807) is 18.6 Å². The van der Waals surface area contributed by atoms with E-state index in [9.17, 15) is 4.79 Å². The van der Waals surface area contributed by atoms with Crippen LogP contribution in [0.15, 0.2) is 36.8 Å². The molecule has 0 radical (unpaired) electrons. The third kappa shape index (κ3) is 5.37. The molecular formula is C21H28ClN7O. The third-order valence-electron chi connectivity index (χ3n) is 5.84. The van der Waals surface area contributed by atoms with E-state index in [0.717, 1.165) is 70.4 Å². The molecule has 9 heteroatoms. The molecule has 0 saturated carbocycles. The van der Waals surface area contributed by atoms with Gasteiger partial charge >= 0.3 is 0 Å². The van der Waals surface area contributed by atoms with E-state index in [0.29, 0.717) is 11.6 Å². The minimum absolute atomic E-state index is 0.0839. The van der Waals surface area contributed by atoms with Crippen LogP contribution >= 0.6 is 11.6 Å². The van der Waals surface area contributed by atoms with Crippen molar-refractivity contribution in [2.45, 2.75) is 12.8 Å². The van der Waals surface area contributed by atoms with Crippen molar-refractivity contribution in [1.29, 1.82) is 0 Å². The molecule has 0 spiro atoms. The van der Waals surface area contributed by atoms with Crippen LogP contribution in [0.5, 0.6) is 0 Å².